The van der Waals surface area contributed by atoms with Gasteiger partial charge in [-0.1, -0.05) is 28.9 Å². The van der Waals surface area contributed by atoms with Gasteiger partial charge >= 0.3 is 0 Å². The van der Waals surface area contributed by atoms with Gasteiger partial charge in [0.15, 0.2) is 0 Å². The number of hydrogen-bond acceptors (Lipinski definition) is 4. The van der Waals surface area contributed by atoms with Gasteiger partial charge < -0.3 is 5.32 Å². The summed E-state index contributed by atoms with van der Waals surface area (Å²) in [7, 11) is 1.89. The van der Waals surface area contributed by atoms with Gasteiger partial charge in [-0.3, -0.25) is 9.58 Å². The third-order valence-electron chi connectivity index (χ3n) is 3.60. The molecule has 1 aliphatic rings. The highest BCUT2D eigenvalue weighted by molar-refractivity contribution is 6.30. The predicted octanol–water partition coefficient (Wildman–Crippen LogP) is 2.04. The molecule has 1 atom stereocenters. The van der Waals surface area contributed by atoms with Crippen molar-refractivity contribution in [3.8, 4) is 0 Å². The van der Waals surface area contributed by atoms with Crippen LogP contribution in [-0.2, 0) is 13.6 Å². The summed E-state index contributed by atoms with van der Waals surface area (Å²) in [6.07, 6.45) is 1.97. The lowest BCUT2D eigenvalue weighted by atomic mass is 10.0. The van der Waals surface area contributed by atoms with Crippen molar-refractivity contribution in [2.45, 2.75) is 12.6 Å². The number of aryl methyl sites for hydroxylation is 1. The zero-order valence-corrected chi connectivity index (χ0v) is 13.4. The number of hydrogen-bond donors (Lipinski definition) is 1. The van der Waals surface area contributed by atoms with Gasteiger partial charge in [0, 0.05) is 50.5 Å². The molecular weight excluding hydrogens is 309 g/mol. The maximum atomic E-state index is 6.11. The number of halogens is 2. The zero-order chi connectivity index (χ0) is 13.9. The molecule has 1 aromatic heterocycles. The molecule has 2 aromatic rings. The van der Waals surface area contributed by atoms with Gasteiger partial charge in [0.05, 0.1) is 5.69 Å². The summed E-state index contributed by atoms with van der Waals surface area (Å²) in [6.45, 7) is 3.73. The van der Waals surface area contributed by atoms with Crippen LogP contribution in [0.5, 0.6) is 0 Å². The van der Waals surface area contributed by atoms with E-state index in [0.717, 1.165) is 36.9 Å². The first-order valence-electron chi connectivity index (χ1n) is 6.78. The molecule has 2 heterocycles. The fraction of sp³-hybridized carbons (Fsp3) is 0.429. The SMILES string of the molecule is Cl.Cn1cc(CN2CCNCC2c2cccc(Cl)c2)nn1. The van der Waals surface area contributed by atoms with E-state index in [9.17, 15) is 0 Å². The van der Waals surface area contributed by atoms with Crippen molar-refractivity contribution in [2.24, 2.45) is 7.05 Å². The summed E-state index contributed by atoms with van der Waals surface area (Å²) < 4.78 is 1.74. The Bertz CT molecular complexity index is 586. The third kappa shape index (κ3) is 3.95. The smallest absolute Gasteiger partial charge is 0.0967 e. The highest BCUT2D eigenvalue weighted by Gasteiger charge is 2.24. The Morgan fingerprint density at radius 3 is 3.00 bits per heavy atom. The third-order valence-corrected chi connectivity index (χ3v) is 3.84. The molecule has 5 nitrogen and oxygen atoms in total. The van der Waals surface area contributed by atoms with E-state index in [1.54, 1.807) is 4.68 Å². The van der Waals surface area contributed by atoms with Crippen LogP contribution in [0.4, 0.5) is 0 Å². The first kappa shape index (κ1) is 16.2. The minimum atomic E-state index is 0. The minimum absolute atomic E-state index is 0. The Morgan fingerprint density at radius 1 is 1.43 bits per heavy atom. The summed E-state index contributed by atoms with van der Waals surface area (Å²) in [5.74, 6) is 0. The maximum absolute atomic E-state index is 6.11. The van der Waals surface area contributed by atoms with Crippen molar-refractivity contribution >= 4 is 24.0 Å². The molecule has 1 fully saturated rings. The molecule has 1 aromatic carbocycles. The summed E-state index contributed by atoms with van der Waals surface area (Å²) in [6, 6.07) is 8.42. The van der Waals surface area contributed by atoms with Crippen LogP contribution in [0.3, 0.4) is 0 Å². The Labute approximate surface area is 135 Å². The van der Waals surface area contributed by atoms with Crippen LogP contribution in [0, 0.1) is 0 Å². The highest BCUT2D eigenvalue weighted by atomic mass is 35.5. The van der Waals surface area contributed by atoms with Gasteiger partial charge in [-0.25, -0.2) is 0 Å². The largest absolute Gasteiger partial charge is 0.314 e. The molecule has 0 radical (unpaired) electrons. The van der Waals surface area contributed by atoms with Crippen LogP contribution in [-0.4, -0.2) is 39.5 Å². The van der Waals surface area contributed by atoms with E-state index in [1.807, 2.05) is 31.4 Å². The second-order valence-electron chi connectivity index (χ2n) is 5.13. The minimum Gasteiger partial charge on any atom is -0.314 e. The molecular formula is C14H19Cl2N5. The van der Waals surface area contributed by atoms with Gasteiger partial charge in [-0.05, 0) is 17.7 Å². The van der Waals surface area contributed by atoms with Crippen molar-refractivity contribution in [3.63, 3.8) is 0 Å². The van der Waals surface area contributed by atoms with Gasteiger partial charge in [-0.2, -0.15) is 0 Å². The van der Waals surface area contributed by atoms with E-state index in [0.29, 0.717) is 6.04 Å². The monoisotopic (exact) mass is 327 g/mol. The average molecular weight is 328 g/mol. The van der Waals surface area contributed by atoms with Crippen molar-refractivity contribution < 1.29 is 0 Å². The van der Waals surface area contributed by atoms with Crippen molar-refractivity contribution in [2.75, 3.05) is 19.6 Å². The normalized spacial score (nSPS) is 19.2. The lowest BCUT2D eigenvalue weighted by molar-refractivity contribution is 0.152. The van der Waals surface area contributed by atoms with Crippen LogP contribution in [0.15, 0.2) is 30.5 Å². The maximum Gasteiger partial charge on any atom is 0.0967 e. The fourth-order valence-electron chi connectivity index (χ4n) is 2.65. The van der Waals surface area contributed by atoms with Crippen LogP contribution in [0.1, 0.15) is 17.3 Å². The van der Waals surface area contributed by atoms with Gasteiger partial charge in [-0.15, -0.1) is 17.5 Å². The van der Waals surface area contributed by atoms with Crippen LogP contribution < -0.4 is 5.32 Å². The molecule has 1 unspecified atom stereocenters. The van der Waals surface area contributed by atoms with Gasteiger partial charge in [0.25, 0.3) is 0 Å². The van der Waals surface area contributed by atoms with E-state index in [1.165, 1.54) is 5.56 Å². The first-order valence-corrected chi connectivity index (χ1v) is 7.15. The van der Waals surface area contributed by atoms with Gasteiger partial charge in [0.1, 0.15) is 0 Å². The first-order chi connectivity index (χ1) is 9.72. The fourth-order valence-corrected chi connectivity index (χ4v) is 2.85. The number of benzene rings is 1. The van der Waals surface area contributed by atoms with E-state index in [-0.39, 0.29) is 12.4 Å². The average Bonchev–Trinajstić information content (AvgIpc) is 2.85. The molecule has 114 valence electrons. The predicted molar refractivity (Wildman–Crippen MR) is 85.7 cm³/mol. The summed E-state index contributed by atoms with van der Waals surface area (Å²) in [4.78, 5) is 2.42. The second kappa shape index (κ2) is 7.22. The van der Waals surface area contributed by atoms with E-state index in [4.69, 9.17) is 11.6 Å². The quantitative estimate of drug-likeness (QED) is 0.937. The molecule has 0 bridgehead atoms. The summed E-state index contributed by atoms with van der Waals surface area (Å²) in [5, 5.41) is 12.4. The number of nitrogens with zero attached hydrogens (tertiary/aromatic N) is 4. The van der Waals surface area contributed by atoms with E-state index in [2.05, 4.69) is 26.6 Å². The Kier molecular flexibility index (Phi) is 5.58. The Hall–Kier alpha value is -1.14. The zero-order valence-electron chi connectivity index (χ0n) is 11.9. The molecule has 0 spiro atoms. The van der Waals surface area contributed by atoms with Gasteiger partial charge in [0.2, 0.25) is 0 Å². The van der Waals surface area contributed by atoms with E-state index < -0.39 is 0 Å². The number of nitrogens with one attached hydrogen (secondary N) is 1. The number of piperazine rings is 1. The summed E-state index contributed by atoms with van der Waals surface area (Å²) >= 11 is 6.11. The van der Waals surface area contributed by atoms with Crippen molar-refractivity contribution in [1.82, 2.24) is 25.2 Å². The lowest BCUT2D eigenvalue weighted by Crippen LogP contribution is -2.45. The lowest BCUT2D eigenvalue weighted by Gasteiger charge is -2.36. The Morgan fingerprint density at radius 2 is 2.29 bits per heavy atom. The molecule has 0 amide bonds. The second-order valence-corrected chi connectivity index (χ2v) is 5.57. The Balaban J connectivity index is 0.00000161. The standard InChI is InChI=1S/C14H18ClN5.ClH/c1-19-9-13(17-18-19)10-20-6-5-16-8-14(20)11-3-2-4-12(15)7-11;/h2-4,7,9,14,16H,5-6,8,10H2,1H3;1H. The van der Waals surface area contributed by atoms with Crippen LogP contribution in [0.25, 0.3) is 0 Å². The van der Waals surface area contributed by atoms with Crippen molar-refractivity contribution in [3.05, 3.63) is 46.7 Å². The highest BCUT2D eigenvalue weighted by Crippen LogP contribution is 2.25. The number of aromatic nitrogens is 3. The van der Waals surface area contributed by atoms with E-state index >= 15 is 0 Å². The summed E-state index contributed by atoms with van der Waals surface area (Å²) in [5.41, 5.74) is 2.25. The number of rotatable bonds is 3. The molecule has 1 aliphatic heterocycles. The molecule has 1 saturated heterocycles. The molecule has 0 aliphatic carbocycles. The van der Waals surface area contributed by atoms with Crippen LogP contribution >= 0.6 is 24.0 Å². The molecule has 1 N–H and O–H groups in total. The van der Waals surface area contributed by atoms with Crippen LogP contribution in [0.2, 0.25) is 5.02 Å². The molecule has 3 rings (SSSR count). The van der Waals surface area contributed by atoms with Crippen molar-refractivity contribution in [1.29, 1.82) is 0 Å². The topological polar surface area (TPSA) is 46.0 Å². The molecule has 0 saturated carbocycles. The molecule has 21 heavy (non-hydrogen) atoms. The molecule has 7 heteroatoms.